The quantitative estimate of drug-likeness (QED) is 0.258. The third kappa shape index (κ3) is 7.31. The van der Waals surface area contributed by atoms with Crippen molar-refractivity contribution in [1.29, 1.82) is 0 Å². The number of nitrogens with zero attached hydrogens (tertiary/aromatic N) is 1. The predicted molar refractivity (Wildman–Crippen MR) is 143 cm³/mol. The third-order valence-electron chi connectivity index (χ3n) is 6.26. The summed E-state index contributed by atoms with van der Waals surface area (Å²) in [5.41, 5.74) is 4.93. The van der Waals surface area contributed by atoms with Crippen LogP contribution in [-0.4, -0.2) is 41.2 Å². The van der Waals surface area contributed by atoms with Crippen LogP contribution in [-0.2, 0) is 13.1 Å². The molecule has 0 amide bonds. The number of nitrogens with one attached hydrogen (secondary N) is 2. The summed E-state index contributed by atoms with van der Waals surface area (Å²) >= 11 is 0. The third-order valence-corrected chi connectivity index (χ3v) is 6.26. The molecule has 186 valence electrons. The molecule has 0 radical (unpaired) electrons. The molecule has 35 heavy (non-hydrogen) atoms. The van der Waals surface area contributed by atoms with Crippen LogP contribution in [0.1, 0.15) is 40.3 Å². The van der Waals surface area contributed by atoms with Gasteiger partial charge in [0.05, 0.1) is 0 Å². The maximum atomic E-state index is 10.3. The molecular formula is C29H37N3O3. The zero-order valence-electron chi connectivity index (χ0n) is 21.1. The van der Waals surface area contributed by atoms with Crippen LogP contribution in [0.4, 0.5) is 0 Å². The molecule has 0 unspecified atom stereocenters. The van der Waals surface area contributed by atoms with E-state index >= 15 is 0 Å². The van der Waals surface area contributed by atoms with Crippen molar-refractivity contribution in [3.8, 4) is 17.2 Å². The monoisotopic (exact) mass is 475 g/mol. The van der Waals surface area contributed by atoms with Gasteiger partial charge in [-0.2, -0.15) is 0 Å². The zero-order valence-corrected chi connectivity index (χ0v) is 21.1. The molecule has 3 aromatic rings. The molecule has 0 heterocycles. The van der Waals surface area contributed by atoms with Gasteiger partial charge in [0.25, 0.3) is 0 Å². The first kappa shape index (κ1) is 26.3. The minimum atomic E-state index is -0.255. The van der Waals surface area contributed by atoms with Crippen molar-refractivity contribution in [3.63, 3.8) is 0 Å². The van der Waals surface area contributed by atoms with Crippen molar-refractivity contribution in [2.24, 2.45) is 10.4 Å². The molecule has 0 bridgehead atoms. The molecule has 0 spiro atoms. The molecule has 0 aliphatic rings. The standard InChI is InChI=1S/C29H37N3O3/c1-20-11-12-26(33)25(13-20)16-32-19-29(4,17-30-14-23-9-5-7-21(2)27(23)34)18-31-15-24-10-6-8-22(3)28(24)35/h5-14,31-35H,15-19H2,1-4H3/t29-/m0/s1. The van der Waals surface area contributed by atoms with Gasteiger partial charge in [-0.3, -0.25) is 4.99 Å². The highest BCUT2D eigenvalue weighted by Crippen LogP contribution is 2.23. The van der Waals surface area contributed by atoms with E-state index in [0.29, 0.717) is 44.0 Å². The molecular weight excluding hydrogens is 438 g/mol. The second-order valence-corrected chi connectivity index (χ2v) is 9.72. The van der Waals surface area contributed by atoms with Crippen molar-refractivity contribution < 1.29 is 15.3 Å². The summed E-state index contributed by atoms with van der Waals surface area (Å²) in [5, 5.41) is 37.8. The van der Waals surface area contributed by atoms with E-state index in [1.165, 1.54) is 0 Å². The second kappa shape index (κ2) is 11.9. The highest BCUT2D eigenvalue weighted by atomic mass is 16.3. The number of aromatic hydroxyl groups is 3. The van der Waals surface area contributed by atoms with Crippen LogP contribution in [0.25, 0.3) is 0 Å². The highest BCUT2D eigenvalue weighted by Gasteiger charge is 2.24. The second-order valence-electron chi connectivity index (χ2n) is 9.72. The summed E-state index contributed by atoms with van der Waals surface area (Å²) in [4.78, 5) is 4.67. The van der Waals surface area contributed by atoms with Crippen LogP contribution in [0.3, 0.4) is 0 Å². The molecule has 6 nitrogen and oxygen atoms in total. The van der Waals surface area contributed by atoms with Gasteiger partial charge in [0.15, 0.2) is 0 Å². The Hall–Kier alpha value is -3.35. The summed E-state index contributed by atoms with van der Waals surface area (Å²) in [7, 11) is 0. The van der Waals surface area contributed by atoms with Crippen LogP contribution >= 0.6 is 0 Å². The number of aryl methyl sites for hydroxylation is 3. The van der Waals surface area contributed by atoms with Gasteiger partial charge in [0.1, 0.15) is 17.2 Å². The Kier molecular flexibility index (Phi) is 8.90. The van der Waals surface area contributed by atoms with E-state index in [-0.39, 0.29) is 16.9 Å². The van der Waals surface area contributed by atoms with Gasteiger partial charge in [-0.25, -0.2) is 0 Å². The van der Waals surface area contributed by atoms with E-state index in [9.17, 15) is 15.3 Å². The summed E-state index contributed by atoms with van der Waals surface area (Å²) in [5.74, 6) is 0.854. The zero-order chi connectivity index (χ0) is 25.4. The molecule has 0 saturated carbocycles. The Bertz CT molecular complexity index is 1170. The first-order valence-electron chi connectivity index (χ1n) is 11.9. The maximum Gasteiger partial charge on any atom is 0.127 e. The first-order valence-corrected chi connectivity index (χ1v) is 11.9. The topological polar surface area (TPSA) is 97.1 Å². The fourth-order valence-electron chi connectivity index (χ4n) is 4.04. The molecule has 0 aliphatic heterocycles. The van der Waals surface area contributed by atoms with Crippen molar-refractivity contribution in [2.45, 2.75) is 40.8 Å². The highest BCUT2D eigenvalue weighted by molar-refractivity contribution is 5.84. The van der Waals surface area contributed by atoms with Crippen LogP contribution in [0.5, 0.6) is 17.2 Å². The summed E-state index contributed by atoms with van der Waals surface area (Å²) in [6.45, 7) is 10.8. The van der Waals surface area contributed by atoms with Crippen molar-refractivity contribution in [3.05, 3.63) is 88.0 Å². The van der Waals surface area contributed by atoms with Crippen LogP contribution in [0.15, 0.2) is 59.6 Å². The lowest BCUT2D eigenvalue weighted by atomic mass is 9.90. The van der Waals surface area contributed by atoms with Gasteiger partial charge < -0.3 is 26.0 Å². The Morgan fingerprint density at radius 3 is 2.14 bits per heavy atom. The van der Waals surface area contributed by atoms with E-state index in [2.05, 4.69) is 22.5 Å². The number of phenolic OH excluding ortho intramolecular Hbond substituents is 3. The largest absolute Gasteiger partial charge is 0.508 e. The smallest absolute Gasteiger partial charge is 0.127 e. The number of rotatable bonds is 11. The lowest BCUT2D eigenvalue weighted by Gasteiger charge is -2.29. The minimum absolute atomic E-state index is 0.249. The van der Waals surface area contributed by atoms with Crippen LogP contribution < -0.4 is 10.6 Å². The van der Waals surface area contributed by atoms with Crippen molar-refractivity contribution in [2.75, 3.05) is 19.6 Å². The Morgan fingerprint density at radius 1 is 0.800 bits per heavy atom. The van der Waals surface area contributed by atoms with E-state index < -0.39 is 0 Å². The number of phenols is 3. The molecule has 0 aliphatic carbocycles. The molecule has 0 fully saturated rings. The summed E-state index contributed by atoms with van der Waals surface area (Å²) < 4.78 is 0. The van der Waals surface area contributed by atoms with Gasteiger partial charge in [0, 0.05) is 61.0 Å². The SMILES string of the molecule is Cc1ccc(O)c(CNC[C@@](C)(CN=Cc2cccc(C)c2O)CNCc2cccc(C)c2O)c1. The van der Waals surface area contributed by atoms with Gasteiger partial charge in [-0.1, -0.05) is 55.0 Å². The van der Waals surface area contributed by atoms with Crippen LogP contribution in [0.2, 0.25) is 0 Å². The fourth-order valence-corrected chi connectivity index (χ4v) is 4.04. The molecule has 0 aromatic heterocycles. The molecule has 1 atom stereocenters. The fraction of sp³-hybridized carbons (Fsp3) is 0.345. The van der Waals surface area contributed by atoms with Crippen LogP contribution in [0, 0.1) is 26.2 Å². The molecule has 6 heteroatoms. The van der Waals surface area contributed by atoms with Crippen molar-refractivity contribution in [1.82, 2.24) is 10.6 Å². The van der Waals surface area contributed by atoms with E-state index in [4.69, 9.17) is 0 Å². The Labute approximate surface area is 208 Å². The number of aliphatic imine (C=N–C) groups is 1. The number of hydrogen-bond acceptors (Lipinski definition) is 6. The van der Waals surface area contributed by atoms with Gasteiger partial charge in [0.2, 0.25) is 0 Å². The summed E-state index contributed by atoms with van der Waals surface area (Å²) in [6, 6.07) is 17.0. The van der Waals surface area contributed by atoms with E-state index in [1.54, 1.807) is 12.3 Å². The number of hydrogen-bond donors (Lipinski definition) is 5. The molecule has 5 N–H and O–H groups in total. The van der Waals surface area contributed by atoms with E-state index in [1.807, 2.05) is 69.3 Å². The van der Waals surface area contributed by atoms with Gasteiger partial charge in [-0.15, -0.1) is 0 Å². The predicted octanol–water partition coefficient (Wildman–Crippen LogP) is 4.73. The molecule has 3 rings (SSSR count). The normalized spacial score (nSPS) is 13.3. The molecule has 3 aromatic carbocycles. The van der Waals surface area contributed by atoms with Gasteiger partial charge in [-0.05, 0) is 44.0 Å². The maximum absolute atomic E-state index is 10.3. The number of para-hydroxylation sites is 2. The average Bonchev–Trinajstić information content (AvgIpc) is 2.82. The van der Waals surface area contributed by atoms with Crippen molar-refractivity contribution >= 4 is 6.21 Å². The lowest BCUT2D eigenvalue weighted by molar-refractivity contribution is 0.296. The van der Waals surface area contributed by atoms with E-state index in [0.717, 1.165) is 27.8 Å². The lowest BCUT2D eigenvalue weighted by Crippen LogP contribution is -2.42. The molecule has 0 saturated heterocycles. The summed E-state index contributed by atoms with van der Waals surface area (Å²) in [6.07, 6.45) is 1.72. The van der Waals surface area contributed by atoms with Gasteiger partial charge >= 0.3 is 0 Å². The first-order chi connectivity index (χ1) is 16.7. The Balaban J connectivity index is 1.68. The minimum Gasteiger partial charge on any atom is -0.508 e. The Morgan fingerprint density at radius 2 is 1.43 bits per heavy atom. The average molecular weight is 476 g/mol. The number of benzene rings is 3.